The molecule has 3 aliphatic rings. The Labute approximate surface area is 225 Å². The number of phenolic OH excluding ortho intramolecular Hbond substituents is 1. The Morgan fingerprint density at radius 3 is 2.41 bits per heavy atom. The molecule has 2 aromatic carbocycles. The molecule has 5 rings (SSSR count). The van der Waals surface area contributed by atoms with Gasteiger partial charge in [-0.3, -0.25) is 24.0 Å². The average Bonchev–Trinajstić information content (AvgIpc) is 2.87. The van der Waals surface area contributed by atoms with Crippen molar-refractivity contribution in [3.8, 4) is 5.75 Å². The molecule has 0 radical (unpaired) electrons. The minimum Gasteiger partial charge on any atom is -0.507 e. The third-order valence-electron chi connectivity index (χ3n) is 8.43. The molecule has 2 unspecified atom stereocenters. The molecular weight excluding hydrogens is 502 g/mol. The molecule has 0 heterocycles. The van der Waals surface area contributed by atoms with Gasteiger partial charge in [0.1, 0.15) is 5.75 Å². The highest BCUT2D eigenvalue weighted by molar-refractivity contribution is 6.31. The van der Waals surface area contributed by atoms with E-state index in [0.29, 0.717) is 23.4 Å². The van der Waals surface area contributed by atoms with Gasteiger partial charge >= 0.3 is 0 Å². The van der Waals surface area contributed by atoms with Crippen molar-refractivity contribution < 1.29 is 34.2 Å². The largest absolute Gasteiger partial charge is 0.507 e. The third-order valence-corrected chi connectivity index (χ3v) is 8.43. The number of benzene rings is 2. The molecule has 0 bridgehead atoms. The van der Waals surface area contributed by atoms with Crippen LogP contribution in [-0.2, 0) is 38.7 Å². The van der Waals surface area contributed by atoms with Gasteiger partial charge in [0, 0.05) is 50.8 Å². The predicted molar refractivity (Wildman–Crippen MR) is 140 cm³/mol. The quantitative estimate of drug-likeness (QED) is 0.391. The van der Waals surface area contributed by atoms with Crippen LogP contribution in [0.15, 0.2) is 36.4 Å². The fourth-order valence-electron chi connectivity index (χ4n) is 6.54. The molecule has 0 aromatic heterocycles. The molecule has 5 atom stereocenters. The van der Waals surface area contributed by atoms with Crippen molar-refractivity contribution in [2.75, 3.05) is 19.0 Å². The number of fused-ring (bicyclic) bond motifs is 3. The molecule has 2 aromatic rings. The number of phenols is 1. The second-order valence-electron chi connectivity index (χ2n) is 11.0. The molecule has 5 N–H and O–H groups in total. The maximum Gasteiger partial charge on any atom is 0.235 e. The maximum absolute atomic E-state index is 13.9. The van der Waals surface area contributed by atoms with Gasteiger partial charge in [0.05, 0.1) is 11.5 Å². The van der Waals surface area contributed by atoms with Gasteiger partial charge < -0.3 is 26.2 Å². The number of carbonyl (C=O) groups excluding carboxylic acids is 5. The summed E-state index contributed by atoms with van der Waals surface area (Å²) in [6, 6.07) is 11.5. The highest BCUT2D eigenvalue weighted by Gasteiger charge is 2.66. The minimum atomic E-state index is -2.66. The van der Waals surface area contributed by atoms with E-state index in [1.807, 2.05) is 55.4 Å². The van der Waals surface area contributed by atoms with Crippen molar-refractivity contribution >= 4 is 34.7 Å². The van der Waals surface area contributed by atoms with Gasteiger partial charge in [-0.15, -0.1) is 0 Å². The van der Waals surface area contributed by atoms with Crippen LogP contribution in [0.2, 0.25) is 0 Å². The fourth-order valence-corrected chi connectivity index (χ4v) is 6.54. The molecule has 0 saturated heterocycles. The zero-order valence-corrected chi connectivity index (χ0v) is 21.8. The van der Waals surface area contributed by atoms with Crippen LogP contribution in [0.5, 0.6) is 5.75 Å². The molecule has 0 spiro atoms. The van der Waals surface area contributed by atoms with Gasteiger partial charge in [-0.1, -0.05) is 30.3 Å². The molecule has 0 aliphatic heterocycles. The van der Waals surface area contributed by atoms with Crippen LogP contribution in [0.4, 0.5) is 5.69 Å². The van der Waals surface area contributed by atoms with E-state index in [1.54, 1.807) is 0 Å². The van der Waals surface area contributed by atoms with Crippen LogP contribution < -0.4 is 16.0 Å². The Hall–Kier alpha value is -3.89. The van der Waals surface area contributed by atoms with Crippen LogP contribution in [0.1, 0.15) is 39.9 Å². The standard InChI is InChI=1S/C29H31N3O7/c1-32(2)19-10-16(13-31-12-14-6-4-3-5-7-14)24(34)22-18(19)9-15-8-17-11-20(33)23(28(30)38)27(37)29(17,39)26(36)21(15)25(22)35/h3-7,10,15,17,21,23,31,34,39H,8-9,11-13H2,1-2H3,(H2,30,38)/t15-,17+,21?,23?,29+/m1/s1. The first-order chi connectivity index (χ1) is 18.5. The summed E-state index contributed by atoms with van der Waals surface area (Å²) in [5.74, 6) is -10.1. The van der Waals surface area contributed by atoms with E-state index < -0.39 is 58.3 Å². The number of amides is 1. The molecule has 204 valence electrons. The second kappa shape index (κ2) is 9.69. The monoisotopic (exact) mass is 533 g/mol. The number of carbonyl (C=O) groups is 5. The number of hydrogen-bond donors (Lipinski definition) is 4. The predicted octanol–water partition coefficient (Wildman–Crippen LogP) is 0.683. The van der Waals surface area contributed by atoms with Gasteiger partial charge in [0.2, 0.25) is 5.91 Å². The molecule has 39 heavy (non-hydrogen) atoms. The summed E-state index contributed by atoms with van der Waals surface area (Å²) >= 11 is 0. The Morgan fingerprint density at radius 2 is 1.77 bits per heavy atom. The first-order valence-electron chi connectivity index (χ1n) is 12.9. The van der Waals surface area contributed by atoms with E-state index in [-0.39, 0.29) is 37.1 Å². The molecule has 10 heteroatoms. The lowest BCUT2D eigenvalue weighted by Gasteiger charge is -2.48. The van der Waals surface area contributed by atoms with E-state index in [4.69, 9.17) is 5.73 Å². The van der Waals surface area contributed by atoms with Crippen LogP contribution in [0, 0.1) is 23.7 Å². The van der Waals surface area contributed by atoms with Crippen LogP contribution in [0.25, 0.3) is 0 Å². The van der Waals surface area contributed by atoms with Gasteiger partial charge in [-0.2, -0.15) is 0 Å². The van der Waals surface area contributed by atoms with Crippen molar-refractivity contribution in [2.45, 2.75) is 38.0 Å². The molecule has 3 aliphatic carbocycles. The number of aliphatic hydroxyl groups is 1. The summed E-state index contributed by atoms with van der Waals surface area (Å²) in [5.41, 5.74) is 5.39. The SMILES string of the molecule is CN(C)c1cc(CNCc2ccccc2)c(O)c2c1C[C@H]1C[C@H]3CC(=O)C(C(N)=O)C(=O)[C@@]3(O)C(=O)C1C2=O. The summed E-state index contributed by atoms with van der Waals surface area (Å²) in [7, 11) is 3.63. The van der Waals surface area contributed by atoms with Crippen LogP contribution in [0.3, 0.4) is 0 Å². The minimum absolute atomic E-state index is 0.000136. The Bertz CT molecular complexity index is 1400. The van der Waals surface area contributed by atoms with Gasteiger partial charge in [-0.25, -0.2) is 0 Å². The van der Waals surface area contributed by atoms with Crippen molar-refractivity contribution in [2.24, 2.45) is 29.4 Å². The molecular formula is C29H31N3O7. The number of ketones is 4. The van der Waals surface area contributed by atoms with E-state index >= 15 is 0 Å². The van der Waals surface area contributed by atoms with E-state index in [2.05, 4.69) is 5.32 Å². The summed E-state index contributed by atoms with van der Waals surface area (Å²) in [4.78, 5) is 66.9. The number of nitrogens with one attached hydrogen (secondary N) is 1. The van der Waals surface area contributed by atoms with Crippen LogP contribution in [-0.4, -0.2) is 58.9 Å². The highest BCUT2D eigenvalue weighted by atomic mass is 16.3. The molecule has 10 nitrogen and oxygen atoms in total. The number of nitrogens with zero attached hydrogens (tertiary/aromatic N) is 1. The van der Waals surface area contributed by atoms with Crippen molar-refractivity contribution in [1.82, 2.24) is 5.32 Å². The first-order valence-corrected chi connectivity index (χ1v) is 12.9. The summed E-state index contributed by atoms with van der Waals surface area (Å²) < 4.78 is 0. The lowest BCUT2D eigenvalue weighted by Crippen LogP contribution is -2.68. The van der Waals surface area contributed by atoms with Crippen molar-refractivity contribution in [3.63, 3.8) is 0 Å². The Kier molecular flexibility index (Phi) is 6.64. The zero-order chi connectivity index (χ0) is 28.2. The van der Waals surface area contributed by atoms with E-state index in [9.17, 15) is 34.2 Å². The maximum atomic E-state index is 13.9. The Morgan fingerprint density at radius 1 is 1.08 bits per heavy atom. The normalized spacial score (nSPS) is 28.0. The van der Waals surface area contributed by atoms with Gasteiger partial charge in [-0.05, 0) is 36.0 Å². The van der Waals surface area contributed by atoms with E-state index in [0.717, 1.165) is 5.56 Å². The molecule has 2 fully saturated rings. The summed E-state index contributed by atoms with van der Waals surface area (Å²) in [6.45, 7) is 0.777. The summed E-state index contributed by atoms with van der Waals surface area (Å²) in [6.07, 6.45) is -0.0524. The second-order valence-corrected chi connectivity index (χ2v) is 11.0. The first kappa shape index (κ1) is 26.7. The fraction of sp³-hybridized carbons (Fsp3) is 0.414. The molecule has 1 amide bonds. The van der Waals surface area contributed by atoms with E-state index in [1.165, 1.54) is 0 Å². The molecule has 2 saturated carbocycles. The smallest absolute Gasteiger partial charge is 0.235 e. The number of rotatable bonds is 6. The number of hydrogen-bond acceptors (Lipinski definition) is 9. The average molecular weight is 534 g/mol. The topological polar surface area (TPSA) is 167 Å². The number of primary amides is 1. The summed E-state index contributed by atoms with van der Waals surface area (Å²) in [5, 5.41) is 25.9. The van der Waals surface area contributed by atoms with Crippen molar-refractivity contribution in [3.05, 3.63) is 58.7 Å². The highest BCUT2D eigenvalue weighted by Crippen LogP contribution is 2.51. The number of Topliss-reactive ketones (excluding diaryl/α,β-unsaturated/α-hetero) is 4. The van der Waals surface area contributed by atoms with Gasteiger partial charge in [0.15, 0.2) is 34.7 Å². The third kappa shape index (κ3) is 4.15. The number of anilines is 1. The van der Waals surface area contributed by atoms with Gasteiger partial charge in [0.25, 0.3) is 0 Å². The van der Waals surface area contributed by atoms with Crippen molar-refractivity contribution in [1.29, 1.82) is 0 Å². The lowest BCUT2D eigenvalue weighted by atomic mass is 9.53. The van der Waals surface area contributed by atoms with Crippen LogP contribution >= 0.6 is 0 Å². The zero-order valence-electron chi connectivity index (χ0n) is 21.8. The number of nitrogens with two attached hydrogens (primary N) is 1. The Balaban J connectivity index is 1.52. The lowest BCUT2D eigenvalue weighted by molar-refractivity contribution is -0.175. The number of aromatic hydroxyl groups is 1.